The van der Waals surface area contributed by atoms with Crippen LogP contribution in [0.4, 0.5) is 28.8 Å². The highest BCUT2D eigenvalue weighted by Crippen LogP contribution is 2.59. The second-order valence-electron chi connectivity index (χ2n) is 14.4. The molecule has 6 aliphatic rings. The SMILES string of the molecule is O=C1NC(c2ccc(OP(=O)(Oc3cccc(OP(=O)(N4CCOC4=O)N4CCOC4=O)c3)N3CCOC3=O)cc2O[P+](=O)Oc2cccc(OP(=O)(N3CCOC3=O)N3CCOC3=O)c2)CO1. The summed E-state index contributed by atoms with van der Waals surface area (Å²) >= 11 is 0. The molecular weight excluding hydrogens is 992 g/mol. The van der Waals surface area contributed by atoms with E-state index in [0.29, 0.717) is 4.67 Å². The van der Waals surface area contributed by atoms with Crippen LogP contribution in [0.25, 0.3) is 0 Å². The predicted molar refractivity (Wildman–Crippen MR) is 221 cm³/mol. The first kappa shape index (κ1) is 46.0. The third-order valence-electron chi connectivity index (χ3n) is 10.1. The Morgan fingerprint density at radius 1 is 0.500 bits per heavy atom. The van der Waals surface area contributed by atoms with Gasteiger partial charge in [0.15, 0.2) is 11.5 Å². The van der Waals surface area contributed by atoms with Crippen molar-refractivity contribution in [2.45, 2.75) is 6.04 Å². The van der Waals surface area contributed by atoms with Gasteiger partial charge in [-0.1, -0.05) is 12.1 Å². The van der Waals surface area contributed by atoms with Gasteiger partial charge in [0.1, 0.15) is 62.6 Å². The normalized spacial score (nSPS) is 20.4. The predicted octanol–water partition coefficient (Wildman–Crippen LogP) is 6.38. The van der Waals surface area contributed by atoms with E-state index in [1.165, 1.54) is 48.5 Å². The number of cyclic esters (lactones) is 6. The molecule has 0 bridgehead atoms. The summed E-state index contributed by atoms with van der Waals surface area (Å²) < 4.78 is 125. The molecule has 3 aromatic rings. The second kappa shape index (κ2) is 18.5. The third-order valence-corrected chi connectivity index (χ3v) is 17.4. The van der Waals surface area contributed by atoms with Crippen LogP contribution >= 0.6 is 31.3 Å². The molecule has 3 unspecified atom stereocenters. The Labute approximate surface area is 383 Å². The molecule has 1 N–H and O–H groups in total. The Morgan fingerprint density at radius 3 is 1.34 bits per heavy atom. The molecule has 9 rings (SSSR count). The van der Waals surface area contributed by atoms with Crippen LogP contribution in [0.2, 0.25) is 0 Å². The van der Waals surface area contributed by atoms with Gasteiger partial charge in [-0.2, -0.15) is 4.67 Å². The molecule has 28 nitrogen and oxygen atoms in total. The minimum absolute atomic E-state index is 0.119. The minimum atomic E-state index is -4.90. The summed E-state index contributed by atoms with van der Waals surface area (Å²) in [5.74, 6) is -1.50. The Bertz CT molecular complexity index is 2690. The van der Waals surface area contributed by atoms with Crippen molar-refractivity contribution >= 4 is 67.9 Å². The van der Waals surface area contributed by atoms with Crippen molar-refractivity contribution in [1.29, 1.82) is 0 Å². The molecule has 32 heteroatoms. The number of hydrogen-bond acceptors (Lipinski definition) is 22. The summed E-state index contributed by atoms with van der Waals surface area (Å²) in [6.45, 7) is -1.93. The summed E-state index contributed by atoms with van der Waals surface area (Å²) in [6, 6.07) is 13.0. The van der Waals surface area contributed by atoms with E-state index in [2.05, 4.69) is 5.32 Å². The summed E-state index contributed by atoms with van der Waals surface area (Å²) in [5, 5.41) is 2.56. The molecule has 6 aliphatic heterocycles. The van der Waals surface area contributed by atoms with Gasteiger partial charge in [-0.15, -0.1) is 0 Å². The Hall–Kier alpha value is -7.13. The molecule has 0 aliphatic carbocycles. The molecular formula is C36H35N6O22P4+. The van der Waals surface area contributed by atoms with Crippen LogP contribution in [-0.2, 0) is 46.7 Å². The zero-order chi connectivity index (χ0) is 47.8. The lowest BCUT2D eigenvalue weighted by molar-refractivity contribution is 0.159. The maximum Gasteiger partial charge on any atom is 0.805 e. The Morgan fingerprint density at radius 2 is 0.912 bits per heavy atom. The van der Waals surface area contributed by atoms with E-state index >= 15 is 0 Å². The van der Waals surface area contributed by atoms with Crippen LogP contribution in [0, 0.1) is 0 Å². The van der Waals surface area contributed by atoms with Gasteiger partial charge in [-0.05, 0) is 36.4 Å². The summed E-state index contributed by atoms with van der Waals surface area (Å²) in [6.07, 6.45) is -5.88. The highest BCUT2D eigenvalue weighted by atomic mass is 31.2. The van der Waals surface area contributed by atoms with E-state index < -0.39 is 73.9 Å². The maximum absolute atomic E-state index is 14.8. The first-order chi connectivity index (χ1) is 32.6. The number of nitrogens with one attached hydrogen (secondary N) is 1. The van der Waals surface area contributed by atoms with E-state index in [1.54, 1.807) is 0 Å². The zero-order valence-electron chi connectivity index (χ0n) is 34.7. The lowest BCUT2D eigenvalue weighted by Gasteiger charge is -2.30. The molecule has 68 heavy (non-hydrogen) atoms. The van der Waals surface area contributed by atoms with Crippen LogP contribution in [0.5, 0.6) is 34.5 Å². The monoisotopic (exact) mass is 1030 g/mol. The van der Waals surface area contributed by atoms with Gasteiger partial charge < -0.3 is 51.8 Å². The fourth-order valence-corrected chi connectivity index (χ4v) is 13.3. The van der Waals surface area contributed by atoms with Gasteiger partial charge in [0.05, 0.1) is 38.8 Å². The Kier molecular flexibility index (Phi) is 12.5. The third kappa shape index (κ3) is 9.14. The molecule has 6 amide bonds. The van der Waals surface area contributed by atoms with E-state index in [0.717, 1.165) is 36.9 Å². The number of carbonyl (C=O) groups is 6. The van der Waals surface area contributed by atoms with E-state index in [-0.39, 0.29) is 112 Å². The van der Waals surface area contributed by atoms with Crippen molar-refractivity contribution in [3.63, 3.8) is 0 Å². The molecule has 0 saturated carbocycles. The lowest BCUT2D eigenvalue weighted by atomic mass is 10.1. The fourth-order valence-electron chi connectivity index (χ4n) is 7.03. The molecule has 6 fully saturated rings. The largest absolute Gasteiger partial charge is 0.805 e. The maximum atomic E-state index is 14.8. The zero-order valence-corrected chi connectivity index (χ0v) is 38.3. The summed E-state index contributed by atoms with van der Waals surface area (Å²) in [7, 11) is -17.1. The first-order valence-electron chi connectivity index (χ1n) is 20.0. The quantitative estimate of drug-likeness (QED) is 0.107. The number of nitrogens with zero attached hydrogens (tertiary/aromatic N) is 5. The number of carbonyl (C=O) groups excluding carboxylic acids is 6. The Balaban J connectivity index is 0.965. The van der Waals surface area contributed by atoms with Crippen LogP contribution < -0.4 is 32.5 Å². The minimum Gasteiger partial charge on any atom is -0.447 e. The summed E-state index contributed by atoms with van der Waals surface area (Å²) in [5.41, 5.74) is 0.164. The van der Waals surface area contributed by atoms with Crippen LogP contribution in [-0.4, -0.2) is 132 Å². The van der Waals surface area contributed by atoms with Crippen molar-refractivity contribution in [2.75, 3.05) is 72.4 Å². The lowest BCUT2D eigenvalue weighted by Crippen LogP contribution is -2.35. The van der Waals surface area contributed by atoms with Crippen molar-refractivity contribution in [2.24, 2.45) is 0 Å². The number of hydrogen-bond donors (Lipinski definition) is 1. The van der Waals surface area contributed by atoms with Gasteiger partial charge in [0, 0.05) is 28.3 Å². The molecule has 0 radical (unpaired) electrons. The van der Waals surface area contributed by atoms with Crippen LogP contribution in [0.3, 0.4) is 0 Å². The molecule has 6 heterocycles. The van der Waals surface area contributed by atoms with Crippen LogP contribution in [0.15, 0.2) is 66.7 Å². The fraction of sp³-hybridized carbons (Fsp3) is 0.333. The van der Waals surface area contributed by atoms with Gasteiger partial charge in [-0.3, -0.25) is 0 Å². The van der Waals surface area contributed by atoms with Crippen molar-refractivity contribution < 1.29 is 103 Å². The van der Waals surface area contributed by atoms with E-state index in [4.69, 9.17) is 55.6 Å². The molecule has 3 atom stereocenters. The molecule has 360 valence electrons. The van der Waals surface area contributed by atoms with E-state index in [9.17, 15) is 47.0 Å². The summed E-state index contributed by atoms with van der Waals surface area (Å²) in [4.78, 5) is 75.1. The average Bonchev–Trinajstić information content (AvgIpc) is 4.17. The molecule has 0 spiro atoms. The number of ether oxygens (including phenoxy) is 6. The topological polar surface area (TPSA) is 310 Å². The van der Waals surface area contributed by atoms with Gasteiger partial charge in [0.25, 0.3) is 0 Å². The van der Waals surface area contributed by atoms with Gasteiger partial charge in [-0.25, -0.2) is 70.2 Å². The van der Waals surface area contributed by atoms with E-state index in [1.807, 2.05) is 0 Å². The highest BCUT2D eigenvalue weighted by Gasteiger charge is 2.53. The number of rotatable bonds is 18. The molecule has 6 saturated heterocycles. The smallest absolute Gasteiger partial charge is 0.447 e. The van der Waals surface area contributed by atoms with Crippen molar-refractivity contribution in [1.82, 2.24) is 28.7 Å². The van der Waals surface area contributed by atoms with Crippen molar-refractivity contribution in [3.8, 4) is 34.5 Å². The number of alkyl carbamates (subject to hydrolysis) is 1. The molecule has 3 aromatic carbocycles. The van der Waals surface area contributed by atoms with Crippen LogP contribution in [0.1, 0.15) is 11.6 Å². The van der Waals surface area contributed by atoms with Gasteiger partial charge >= 0.3 is 67.9 Å². The van der Waals surface area contributed by atoms with Crippen molar-refractivity contribution in [3.05, 3.63) is 72.3 Å². The van der Waals surface area contributed by atoms with Gasteiger partial charge in [0.2, 0.25) is 0 Å². The first-order valence-corrected chi connectivity index (χ1v) is 25.7. The highest BCUT2D eigenvalue weighted by molar-refractivity contribution is 7.56. The second-order valence-corrected chi connectivity index (χ2v) is 21.2. The standard InChI is InChI=1S/C36H34N6O22P4/c43-31-37-29(22-58-31)28-8-7-27(21-30(28)60-65(49)59-23-3-1-4-24(19-23)61-66(50,38-9-14-53-32(38)44)39-10-15-54-33(39)45)64-68(52,42-13-18-57-36(42)48)63-26-6-2-5-25(20-26)62-67(51,40-11-16-55-34(40)46)41-12-17-56-35(41)47/h1-8,19-21,29H,9-18,22H2/p+1. The average molecular weight is 1030 g/mol. The molecule has 0 aromatic heterocycles. The number of benzene rings is 3. The number of amides is 6.